The zero-order chi connectivity index (χ0) is 24.9. The fourth-order valence-electron chi connectivity index (χ4n) is 4.36. The summed E-state index contributed by atoms with van der Waals surface area (Å²) in [5.41, 5.74) is 4.32. The van der Waals surface area contributed by atoms with Crippen LogP contribution in [0.1, 0.15) is 21.6 Å². The fourth-order valence-corrected chi connectivity index (χ4v) is 4.36. The summed E-state index contributed by atoms with van der Waals surface area (Å²) in [6.45, 7) is 5.43. The number of nitrogens with one attached hydrogen (secondary N) is 1. The van der Waals surface area contributed by atoms with Crippen molar-refractivity contribution in [2.24, 2.45) is 0 Å². The van der Waals surface area contributed by atoms with Gasteiger partial charge < -0.3 is 15.1 Å². The number of carbonyl (C=O) groups is 1. The number of para-hydroxylation sites is 1. The van der Waals surface area contributed by atoms with Gasteiger partial charge in [0.25, 0.3) is 5.91 Å². The Morgan fingerprint density at radius 3 is 2.36 bits per heavy atom. The van der Waals surface area contributed by atoms with Crippen molar-refractivity contribution >= 4 is 17.4 Å². The van der Waals surface area contributed by atoms with E-state index in [0.717, 1.165) is 18.8 Å². The normalized spacial score (nSPS) is 13.5. The highest BCUT2D eigenvalue weighted by atomic mass is 19.1. The molecule has 2 aromatic carbocycles. The molecule has 0 bridgehead atoms. The van der Waals surface area contributed by atoms with E-state index in [9.17, 15) is 9.18 Å². The van der Waals surface area contributed by atoms with Gasteiger partial charge in [0.1, 0.15) is 17.2 Å². The summed E-state index contributed by atoms with van der Waals surface area (Å²) in [5, 5.41) is 2.94. The Bertz CT molecular complexity index is 1340. The van der Waals surface area contributed by atoms with Crippen LogP contribution in [0.5, 0.6) is 0 Å². The molecule has 0 radical (unpaired) electrons. The highest BCUT2D eigenvalue weighted by Crippen LogP contribution is 2.26. The van der Waals surface area contributed by atoms with E-state index in [0.29, 0.717) is 42.4 Å². The van der Waals surface area contributed by atoms with Gasteiger partial charge in [0.2, 0.25) is 0 Å². The number of aryl methyl sites for hydroxylation is 1. The van der Waals surface area contributed by atoms with E-state index in [1.165, 1.54) is 23.4 Å². The van der Waals surface area contributed by atoms with Crippen LogP contribution in [0, 0.1) is 12.7 Å². The number of nitrogens with zero attached hydrogens (tertiary/aromatic N) is 5. The number of halogens is 1. The van der Waals surface area contributed by atoms with Crippen LogP contribution in [0.2, 0.25) is 0 Å². The minimum atomic E-state index is -0.322. The van der Waals surface area contributed by atoms with Gasteiger partial charge in [0.15, 0.2) is 5.82 Å². The van der Waals surface area contributed by atoms with E-state index in [1.807, 2.05) is 24.3 Å². The van der Waals surface area contributed by atoms with Gasteiger partial charge in [-0.15, -0.1) is 0 Å². The van der Waals surface area contributed by atoms with Crippen LogP contribution in [0.3, 0.4) is 0 Å². The minimum Gasteiger partial charge on any atom is -0.368 e. The minimum absolute atomic E-state index is 0.261. The van der Waals surface area contributed by atoms with Crippen LogP contribution in [0.4, 0.5) is 15.9 Å². The Morgan fingerprint density at radius 1 is 0.917 bits per heavy atom. The first-order valence-electron chi connectivity index (χ1n) is 11.9. The summed E-state index contributed by atoms with van der Waals surface area (Å²) >= 11 is 0. The molecule has 0 aliphatic carbocycles. The molecule has 3 heterocycles. The third-order valence-corrected chi connectivity index (χ3v) is 6.31. The first-order chi connectivity index (χ1) is 17.6. The number of hydrogen-bond donors (Lipinski definition) is 1. The van der Waals surface area contributed by atoms with Gasteiger partial charge in [-0.05, 0) is 55.0 Å². The van der Waals surface area contributed by atoms with Crippen molar-refractivity contribution in [2.75, 3.05) is 36.0 Å². The van der Waals surface area contributed by atoms with E-state index < -0.39 is 0 Å². The lowest BCUT2D eigenvalue weighted by Crippen LogP contribution is -2.47. The molecule has 0 atom stereocenters. The molecule has 1 amide bonds. The van der Waals surface area contributed by atoms with Crippen molar-refractivity contribution < 1.29 is 9.18 Å². The molecule has 4 aromatic rings. The maximum Gasteiger partial charge on any atom is 0.256 e. The van der Waals surface area contributed by atoms with Crippen molar-refractivity contribution in [2.45, 2.75) is 13.5 Å². The second kappa shape index (κ2) is 10.5. The molecule has 8 heteroatoms. The standard InChI is InChI=1S/C28H27FN6O/c1-20-6-2-3-8-25(20)34-14-16-35(17-15-34)27-24(28(36)32-18-23-7-4-5-13-30-23)19-31-26(33-27)21-9-11-22(29)12-10-21/h2-13,19H,14-18H2,1H3,(H,32,36). The predicted octanol–water partition coefficient (Wildman–Crippen LogP) is 4.24. The van der Waals surface area contributed by atoms with E-state index in [2.05, 4.69) is 50.2 Å². The first kappa shape index (κ1) is 23.4. The maximum atomic E-state index is 13.5. The summed E-state index contributed by atoms with van der Waals surface area (Å²) in [4.78, 5) is 31.2. The van der Waals surface area contributed by atoms with Crippen molar-refractivity contribution in [3.8, 4) is 11.4 Å². The van der Waals surface area contributed by atoms with Crippen molar-refractivity contribution in [1.29, 1.82) is 0 Å². The molecule has 0 unspecified atom stereocenters. The van der Waals surface area contributed by atoms with Gasteiger partial charge in [0, 0.05) is 49.8 Å². The number of anilines is 2. The molecular formula is C28H27FN6O. The van der Waals surface area contributed by atoms with Crippen LogP contribution in [-0.2, 0) is 6.54 Å². The molecule has 36 heavy (non-hydrogen) atoms. The molecule has 1 N–H and O–H groups in total. The molecule has 1 aliphatic heterocycles. The van der Waals surface area contributed by atoms with E-state index in [4.69, 9.17) is 4.98 Å². The second-order valence-electron chi connectivity index (χ2n) is 8.70. The highest BCUT2D eigenvalue weighted by molar-refractivity contribution is 5.99. The average molecular weight is 483 g/mol. The van der Waals surface area contributed by atoms with Crippen LogP contribution in [-0.4, -0.2) is 47.0 Å². The number of benzene rings is 2. The summed E-state index contributed by atoms with van der Waals surface area (Å²) < 4.78 is 13.5. The summed E-state index contributed by atoms with van der Waals surface area (Å²) in [6.07, 6.45) is 3.25. The third-order valence-electron chi connectivity index (χ3n) is 6.31. The fraction of sp³-hybridized carbons (Fsp3) is 0.214. The van der Waals surface area contributed by atoms with Crippen LogP contribution in [0.25, 0.3) is 11.4 Å². The number of rotatable bonds is 6. The van der Waals surface area contributed by atoms with E-state index in [1.54, 1.807) is 24.5 Å². The van der Waals surface area contributed by atoms with E-state index >= 15 is 0 Å². The average Bonchev–Trinajstić information content (AvgIpc) is 2.93. The highest BCUT2D eigenvalue weighted by Gasteiger charge is 2.25. The lowest BCUT2D eigenvalue weighted by atomic mass is 10.1. The van der Waals surface area contributed by atoms with Gasteiger partial charge in [-0.2, -0.15) is 0 Å². The molecule has 182 valence electrons. The van der Waals surface area contributed by atoms with Gasteiger partial charge in [-0.25, -0.2) is 14.4 Å². The van der Waals surface area contributed by atoms with Crippen molar-refractivity contribution in [3.05, 3.63) is 102 Å². The predicted molar refractivity (Wildman–Crippen MR) is 138 cm³/mol. The molecule has 0 saturated carbocycles. The smallest absolute Gasteiger partial charge is 0.256 e. The number of aromatic nitrogens is 3. The Morgan fingerprint density at radius 2 is 1.64 bits per heavy atom. The molecule has 2 aromatic heterocycles. The van der Waals surface area contributed by atoms with Crippen LogP contribution in [0.15, 0.2) is 79.1 Å². The SMILES string of the molecule is Cc1ccccc1N1CCN(c2nc(-c3ccc(F)cc3)ncc2C(=O)NCc2ccccn2)CC1. The third kappa shape index (κ3) is 5.17. The molecule has 0 spiro atoms. The van der Waals surface area contributed by atoms with E-state index in [-0.39, 0.29) is 11.7 Å². The van der Waals surface area contributed by atoms with Gasteiger partial charge in [-0.3, -0.25) is 9.78 Å². The number of amides is 1. The summed E-state index contributed by atoms with van der Waals surface area (Å²) in [6, 6.07) is 20.0. The second-order valence-corrected chi connectivity index (χ2v) is 8.70. The molecule has 1 fully saturated rings. The largest absolute Gasteiger partial charge is 0.368 e. The molecule has 1 aliphatic rings. The molecular weight excluding hydrogens is 455 g/mol. The Balaban J connectivity index is 1.41. The number of pyridine rings is 1. The van der Waals surface area contributed by atoms with Crippen molar-refractivity contribution in [1.82, 2.24) is 20.3 Å². The lowest BCUT2D eigenvalue weighted by molar-refractivity contribution is 0.0950. The van der Waals surface area contributed by atoms with Crippen molar-refractivity contribution in [3.63, 3.8) is 0 Å². The molecule has 7 nitrogen and oxygen atoms in total. The zero-order valence-electron chi connectivity index (χ0n) is 20.1. The Hall–Kier alpha value is -4.33. The zero-order valence-corrected chi connectivity index (χ0v) is 20.1. The molecule has 5 rings (SSSR count). The quantitative estimate of drug-likeness (QED) is 0.443. The molecule has 1 saturated heterocycles. The van der Waals surface area contributed by atoms with Gasteiger partial charge >= 0.3 is 0 Å². The topological polar surface area (TPSA) is 74.2 Å². The Kier molecular flexibility index (Phi) is 6.84. The lowest BCUT2D eigenvalue weighted by Gasteiger charge is -2.38. The number of hydrogen-bond acceptors (Lipinski definition) is 6. The van der Waals surface area contributed by atoms with Gasteiger partial charge in [0.05, 0.1) is 12.2 Å². The Labute approximate surface area is 209 Å². The first-order valence-corrected chi connectivity index (χ1v) is 11.9. The maximum absolute atomic E-state index is 13.5. The number of carbonyl (C=O) groups excluding carboxylic acids is 1. The summed E-state index contributed by atoms with van der Waals surface area (Å²) in [5.74, 6) is 0.444. The van der Waals surface area contributed by atoms with Gasteiger partial charge in [-0.1, -0.05) is 24.3 Å². The summed E-state index contributed by atoms with van der Waals surface area (Å²) in [7, 11) is 0. The monoisotopic (exact) mass is 482 g/mol. The van der Waals surface area contributed by atoms with Crippen LogP contribution < -0.4 is 15.1 Å². The number of piperazine rings is 1. The van der Waals surface area contributed by atoms with Crippen LogP contribution >= 0.6 is 0 Å².